The van der Waals surface area contributed by atoms with Gasteiger partial charge in [0.2, 0.25) is 5.91 Å². The van der Waals surface area contributed by atoms with E-state index in [1.807, 2.05) is 0 Å². The average molecular weight is 450 g/mol. The summed E-state index contributed by atoms with van der Waals surface area (Å²) in [5, 5.41) is 1.90. The Kier molecular flexibility index (Phi) is 6.48. The molecule has 10 heteroatoms. The highest BCUT2D eigenvalue weighted by Crippen LogP contribution is 2.38. The van der Waals surface area contributed by atoms with Crippen molar-refractivity contribution in [3.05, 3.63) is 29.6 Å². The monoisotopic (exact) mass is 450 g/mol. The molecule has 2 fully saturated rings. The molecule has 5 nitrogen and oxygen atoms in total. The van der Waals surface area contributed by atoms with E-state index in [0.29, 0.717) is 12.1 Å². The van der Waals surface area contributed by atoms with Gasteiger partial charge >= 0.3 is 6.18 Å². The molecule has 2 aliphatic carbocycles. The van der Waals surface area contributed by atoms with Crippen molar-refractivity contribution in [3.63, 3.8) is 0 Å². The molecule has 0 aromatic heterocycles. The predicted molar refractivity (Wildman–Crippen MR) is 103 cm³/mol. The van der Waals surface area contributed by atoms with E-state index in [2.05, 4.69) is 5.32 Å². The summed E-state index contributed by atoms with van der Waals surface area (Å²) < 4.78 is 77.3. The zero-order chi connectivity index (χ0) is 22.2. The van der Waals surface area contributed by atoms with Crippen LogP contribution >= 0.6 is 0 Å². The van der Waals surface area contributed by atoms with Crippen molar-refractivity contribution in [1.82, 2.24) is 5.32 Å². The zero-order valence-electron chi connectivity index (χ0n) is 16.5. The number of halogens is 4. The van der Waals surface area contributed by atoms with Crippen LogP contribution in [0.5, 0.6) is 0 Å². The summed E-state index contributed by atoms with van der Waals surface area (Å²) in [6, 6.07) is 1.36. The van der Waals surface area contributed by atoms with Gasteiger partial charge in [0, 0.05) is 18.5 Å². The van der Waals surface area contributed by atoms with Crippen LogP contribution in [0.25, 0.3) is 0 Å². The third-order valence-electron chi connectivity index (χ3n) is 6.11. The van der Waals surface area contributed by atoms with Crippen molar-refractivity contribution in [2.45, 2.75) is 73.2 Å². The smallest absolute Gasteiger partial charge is 0.356 e. The van der Waals surface area contributed by atoms with E-state index in [0.717, 1.165) is 32.1 Å². The number of hydrogen-bond donors (Lipinski definition) is 2. The number of rotatable bonds is 6. The Morgan fingerprint density at radius 3 is 2.37 bits per heavy atom. The Bertz CT molecular complexity index is 890. The minimum atomic E-state index is -4.84. The van der Waals surface area contributed by atoms with E-state index >= 15 is 0 Å². The topological polar surface area (TPSA) is 89.3 Å². The molecule has 0 unspecified atom stereocenters. The predicted octanol–water partition coefficient (Wildman–Crippen LogP) is 3.56. The van der Waals surface area contributed by atoms with Crippen LogP contribution in [-0.4, -0.2) is 31.7 Å². The van der Waals surface area contributed by atoms with Gasteiger partial charge in [-0.2, -0.15) is 13.2 Å². The summed E-state index contributed by atoms with van der Waals surface area (Å²) in [4.78, 5) is 11.5. The van der Waals surface area contributed by atoms with E-state index in [1.165, 1.54) is 0 Å². The maximum atomic E-state index is 13.6. The largest absolute Gasteiger partial charge is 0.416 e. The van der Waals surface area contributed by atoms with Crippen LogP contribution in [0.15, 0.2) is 23.1 Å². The third kappa shape index (κ3) is 5.32. The molecule has 3 rings (SSSR count). The third-order valence-corrected chi connectivity index (χ3v) is 8.26. The van der Waals surface area contributed by atoms with Crippen LogP contribution < -0.4 is 11.1 Å². The summed E-state index contributed by atoms with van der Waals surface area (Å²) in [5.41, 5.74) is 4.44. The SMILES string of the molecule is NC1(CC(=O)NCC2CC(S(=O)(=O)c3cc(F)cc(C(F)(F)F)c3)C2)CCCCC1. The first-order valence-electron chi connectivity index (χ1n) is 10.1. The number of benzene rings is 1. The summed E-state index contributed by atoms with van der Waals surface area (Å²) in [6.45, 7) is 0.290. The van der Waals surface area contributed by atoms with Crippen LogP contribution in [0.4, 0.5) is 17.6 Å². The highest BCUT2D eigenvalue weighted by atomic mass is 32.2. The van der Waals surface area contributed by atoms with Crippen molar-refractivity contribution in [1.29, 1.82) is 0 Å². The first-order chi connectivity index (χ1) is 13.9. The fourth-order valence-corrected chi connectivity index (χ4v) is 6.25. The normalized spacial score (nSPS) is 24.2. The van der Waals surface area contributed by atoms with Crippen molar-refractivity contribution >= 4 is 15.7 Å². The lowest BCUT2D eigenvalue weighted by Crippen LogP contribution is -2.47. The van der Waals surface area contributed by atoms with Crippen LogP contribution in [0.2, 0.25) is 0 Å². The molecule has 1 aromatic rings. The molecular formula is C20H26F4N2O3S. The van der Waals surface area contributed by atoms with Gasteiger partial charge in [-0.05, 0) is 49.8 Å². The average Bonchev–Trinajstić information content (AvgIpc) is 2.59. The van der Waals surface area contributed by atoms with E-state index in [9.17, 15) is 30.8 Å². The number of nitrogens with one attached hydrogen (secondary N) is 1. The molecule has 0 aliphatic heterocycles. The maximum absolute atomic E-state index is 13.6. The Labute approximate surface area is 173 Å². The molecule has 2 saturated carbocycles. The molecule has 0 bridgehead atoms. The van der Waals surface area contributed by atoms with E-state index in [4.69, 9.17) is 5.73 Å². The number of carbonyl (C=O) groups excluding carboxylic acids is 1. The number of amides is 1. The molecule has 3 N–H and O–H groups in total. The van der Waals surface area contributed by atoms with Gasteiger partial charge < -0.3 is 11.1 Å². The first-order valence-corrected chi connectivity index (χ1v) is 11.6. The molecule has 0 heterocycles. The van der Waals surface area contributed by atoms with Crippen molar-refractivity contribution in [2.24, 2.45) is 11.7 Å². The lowest BCUT2D eigenvalue weighted by Gasteiger charge is -2.36. The van der Waals surface area contributed by atoms with Gasteiger partial charge in [-0.1, -0.05) is 19.3 Å². The molecule has 1 aromatic carbocycles. The van der Waals surface area contributed by atoms with Crippen molar-refractivity contribution in [2.75, 3.05) is 6.54 Å². The van der Waals surface area contributed by atoms with Crippen LogP contribution in [0.1, 0.15) is 56.9 Å². The summed E-state index contributed by atoms with van der Waals surface area (Å²) in [7, 11) is -4.08. The van der Waals surface area contributed by atoms with Gasteiger partial charge in [-0.25, -0.2) is 12.8 Å². The Balaban J connectivity index is 1.53. The molecule has 1 amide bonds. The van der Waals surface area contributed by atoms with Gasteiger partial charge in [-0.15, -0.1) is 0 Å². The van der Waals surface area contributed by atoms with Crippen molar-refractivity contribution < 1.29 is 30.8 Å². The number of hydrogen-bond acceptors (Lipinski definition) is 4. The molecule has 0 radical (unpaired) electrons. The summed E-state index contributed by atoms with van der Waals surface area (Å²) in [5.74, 6) is -1.51. The highest BCUT2D eigenvalue weighted by molar-refractivity contribution is 7.92. The number of sulfone groups is 1. The zero-order valence-corrected chi connectivity index (χ0v) is 17.3. The lowest BCUT2D eigenvalue weighted by atomic mass is 9.80. The van der Waals surface area contributed by atoms with E-state index in [-0.39, 0.29) is 43.7 Å². The minimum absolute atomic E-state index is 0.0931. The minimum Gasteiger partial charge on any atom is -0.356 e. The van der Waals surface area contributed by atoms with Gasteiger partial charge in [0.05, 0.1) is 15.7 Å². The Hall–Kier alpha value is -1.68. The molecule has 168 valence electrons. The number of carbonyl (C=O) groups is 1. The Morgan fingerprint density at radius 1 is 1.13 bits per heavy atom. The molecule has 0 spiro atoms. The second-order valence-corrected chi connectivity index (χ2v) is 10.8. The number of alkyl halides is 3. The lowest BCUT2D eigenvalue weighted by molar-refractivity contribution is -0.138. The molecule has 0 saturated heterocycles. The fraction of sp³-hybridized carbons (Fsp3) is 0.650. The van der Waals surface area contributed by atoms with Gasteiger partial charge in [0.15, 0.2) is 9.84 Å². The van der Waals surface area contributed by atoms with Gasteiger partial charge in [-0.3, -0.25) is 4.79 Å². The molecule has 0 atom stereocenters. The highest BCUT2D eigenvalue weighted by Gasteiger charge is 2.41. The van der Waals surface area contributed by atoms with Crippen LogP contribution in [0, 0.1) is 11.7 Å². The first kappa shape index (κ1) is 23.0. The van der Waals surface area contributed by atoms with E-state index < -0.39 is 43.1 Å². The molecule has 2 aliphatic rings. The molecular weight excluding hydrogens is 424 g/mol. The number of nitrogens with two attached hydrogens (primary N) is 1. The second kappa shape index (κ2) is 8.45. The molecule has 30 heavy (non-hydrogen) atoms. The second-order valence-electron chi connectivity index (χ2n) is 8.58. The van der Waals surface area contributed by atoms with Crippen LogP contribution in [0.3, 0.4) is 0 Å². The van der Waals surface area contributed by atoms with Gasteiger partial charge in [0.1, 0.15) is 5.82 Å². The summed E-state index contributed by atoms with van der Waals surface area (Å²) in [6.07, 6.45) is 0.527. The Morgan fingerprint density at radius 2 is 1.77 bits per heavy atom. The van der Waals surface area contributed by atoms with Crippen LogP contribution in [-0.2, 0) is 20.8 Å². The van der Waals surface area contributed by atoms with Gasteiger partial charge in [0.25, 0.3) is 0 Å². The standard InChI is InChI=1S/C20H26F4N2O3S/c21-15-8-14(20(22,23)24)9-17(10-15)30(28,29)16-6-13(7-16)12-26-18(27)11-19(25)4-2-1-3-5-19/h8-10,13,16H,1-7,11-12,25H2,(H,26,27). The van der Waals surface area contributed by atoms with Crippen molar-refractivity contribution in [3.8, 4) is 0 Å². The maximum Gasteiger partial charge on any atom is 0.416 e. The quantitative estimate of drug-likeness (QED) is 0.649. The van der Waals surface area contributed by atoms with E-state index in [1.54, 1.807) is 0 Å². The summed E-state index contributed by atoms with van der Waals surface area (Å²) >= 11 is 0. The fourth-order valence-electron chi connectivity index (χ4n) is 4.25.